The molecule has 4 rings (SSSR count). The van der Waals surface area contributed by atoms with E-state index < -0.39 is 11.6 Å². The van der Waals surface area contributed by atoms with E-state index in [0.717, 1.165) is 18.7 Å². The fraction of sp³-hybridized carbons (Fsp3) is 0.500. The van der Waals surface area contributed by atoms with Gasteiger partial charge in [0.15, 0.2) is 17.4 Å². The van der Waals surface area contributed by atoms with Gasteiger partial charge in [-0.2, -0.15) is 0 Å². The summed E-state index contributed by atoms with van der Waals surface area (Å²) in [6.07, 6.45) is 2.61. The number of benzene rings is 1. The van der Waals surface area contributed by atoms with Gasteiger partial charge in [-0.25, -0.2) is 13.5 Å². The van der Waals surface area contributed by atoms with Crippen molar-refractivity contribution in [1.29, 1.82) is 0 Å². The lowest BCUT2D eigenvalue weighted by atomic mass is 9.99. The fourth-order valence-corrected chi connectivity index (χ4v) is 3.55. The van der Waals surface area contributed by atoms with Crippen molar-refractivity contribution in [2.24, 2.45) is 0 Å². The molecule has 0 bridgehead atoms. The van der Waals surface area contributed by atoms with Crippen LogP contribution in [0.4, 0.5) is 8.78 Å². The monoisotopic (exact) mass is 336 g/mol. The maximum Gasteiger partial charge on any atom is 0.190 e. The molecule has 2 aliphatic heterocycles. The number of hydrogen-bond donors (Lipinski definition) is 0. The first-order valence-corrected chi connectivity index (χ1v) is 7.90. The van der Waals surface area contributed by atoms with Gasteiger partial charge in [-0.1, -0.05) is 5.21 Å². The number of methoxy groups -OCH3 is 1. The van der Waals surface area contributed by atoms with Gasteiger partial charge in [0.05, 0.1) is 37.8 Å². The summed E-state index contributed by atoms with van der Waals surface area (Å²) in [6, 6.07) is 2.83. The first-order valence-electron chi connectivity index (χ1n) is 7.90. The Morgan fingerprint density at radius 2 is 2.12 bits per heavy atom. The summed E-state index contributed by atoms with van der Waals surface area (Å²) in [5, 5.41) is 8.09. The maximum atomic E-state index is 13.8. The minimum Gasteiger partial charge on any atom is -0.491 e. The molecule has 3 heterocycles. The van der Waals surface area contributed by atoms with Crippen LogP contribution in [0.15, 0.2) is 18.3 Å². The lowest BCUT2D eigenvalue weighted by Gasteiger charge is -2.41. The molecule has 0 amide bonds. The number of rotatable bonds is 3. The van der Waals surface area contributed by atoms with Gasteiger partial charge in [-0.15, -0.1) is 5.10 Å². The van der Waals surface area contributed by atoms with Crippen LogP contribution >= 0.6 is 0 Å². The molecule has 2 aromatic rings. The second-order valence-electron chi connectivity index (χ2n) is 6.20. The molecule has 8 heteroatoms. The summed E-state index contributed by atoms with van der Waals surface area (Å²) in [4.78, 5) is 2.14. The Morgan fingerprint density at radius 3 is 2.88 bits per heavy atom. The van der Waals surface area contributed by atoms with E-state index in [-0.39, 0.29) is 17.9 Å². The van der Waals surface area contributed by atoms with Crippen molar-refractivity contribution in [2.75, 3.05) is 20.2 Å². The minimum atomic E-state index is -0.677. The van der Waals surface area contributed by atoms with E-state index in [2.05, 4.69) is 15.2 Å². The smallest absolute Gasteiger partial charge is 0.190 e. The lowest BCUT2D eigenvalue weighted by Crippen LogP contribution is -2.48. The Balaban J connectivity index is 1.47. The van der Waals surface area contributed by atoms with Crippen LogP contribution in [0.1, 0.15) is 23.7 Å². The normalized spacial score (nSPS) is 23.6. The van der Waals surface area contributed by atoms with Crippen molar-refractivity contribution in [3.8, 4) is 5.75 Å². The zero-order chi connectivity index (χ0) is 16.7. The highest BCUT2D eigenvalue weighted by molar-refractivity contribution is 5.31. The number of hydrogen-bond acceptors (Lipinski definition) is 5. The van der Waals surface area contributed by atoms with Crippen molar-refractivity contribution < 1.29 is 18.3 Å². The van der Waals surface area contributed by atoms with Crippen molar-refractivity contribution in [3.05, 3.63) is 41.2 Å². The molecule has 2 unspecified atom stereocenters. The van der Waals surface area contributed by atoms with Crippen molar-refractivity contribution in [2.45, 2.75) is 31.7 Å². The van der Waals surface area contributed by atoms with E-state index in [1.165, 1.54) is 19.2 Å². The van der Waals surface area contributed by atoms with Crippen LogP contribution in [0, 0.1) is 11.6 Å². The average molecular weight is 336 g/mol. The van der Waals surface area contributed by atoms with Crippen LogP contribution in [-0.2, 0) is 17.9 Å². The summed E-state index contributed by atoms with van der Waals surface area (Å²) >= 11 is 0. The van der Waals surface area contributed by atoms with Gasteiger partial charge in [-0.3, -0.25) is 4.90 Å². The molecule has 128 valence electrons. The Hall–Kier alpha value is -2.06. The molecule has 0 radical (unpaired) electrons. The second-order valence-corrected chi connectivity index (χ2v) is 6.20. The summed E-state index contributed by atoms with van der Waals surface area (Å²) in [6.45, 7) is 2.46. The van der Waals surface area contributed by atoms with Gasteiger partial charge in [0, 0.05) is 19.6 Å². The van der Waals surface area contributed by atoms with E-state index in [0.29, 0.717) is 25.3 Å². The van der Waals surface area contributed by atoms with Gasteiger partial charge in [0.1, 0.15) is 0 Å². The van der Waals surface area contributed by atoms with Crippen LogP contribution in [-0.4, -0.2) is 46.2 Å². The number of fused-ring (bicyclic) bond motifs is 3. The summed E-state index contributed by atoms with van der Waals surface area (Å²) in [5.41, 5.74) is 1.57. The highest BCUT2D eigenvalue weighted by Crippen LogP contribution is 2.31. The fourth-order valence-electron chi connectivity index (χ4n) is 3.55. The predicted molar refractivity (Wildman–Crippen MR) is 80.4 cm³/mol. The Labute approximate surface area is 138 Å². The SMILES string of the molecule is COc1c(F)cc(CN2CCC3C(C2)OCc2cnnn23)cc1F. The zero-order valence-corrected chi connectivity index (χ0v) is 13.3. The number of nitrogens with zero attached hydrogens (tertiary/aromatic N) is 4. The predicted octanol–water partition coefficient (Wildman–Crippen LogP) is 1.91. The van der Waals surface area contributed by atoms with Gasteiger partial charge in [0.25, 0.3) is 0 Å². The van der Waals surface area contributed by atoms with Crippen LogP contribution in [0.25, 0.3) is 0 Å². The van der Waals surface area contributed by atoms with E-state index in [1.807, 2.05) is 4.68 Å². The Bertz CT molecular complexity index is 728. The maximum absolute atomic E-state index is 13.8. The van der Waals surface area contributed by atoms with Gasteiger partial charge in [0.2, 0.25) is 0 Å². The summed E-state index contributed by atoms with van der Waals surface area (Å²) in [7, 11) is 1.25. The van der Waals surface area contributed by atoms with Crippen LogP contribution in [0.2, 0.25) is 0 Å². The molecule has 1 aromatic carbocycles. The molecule has 0 N–H and O–H groups in total. The third kappa shape index (κ3) is 2.65. The highest BCUT2D eigenvalue weighted by Gasteiger charge is 2.36. The van der Waals surface area contributed by atoms with E-state index in [1.54, 1.807) is 6.20 Å². The second kappa shape index (κ2) is 6.10. The zero-order valence-electron chi connectivity index (χ0n) is 13.3. The van der Waals surface area contributed by atoms with E-state index in [9.17, 15) is 8.78 Å². The molecule has 1 aromatic heterocycles. The molecule has 6 nitrogen and oxygen atoms in total. The van der Waals surface area contributed by atoms with Crippen LogP contribution < -0.4 is 4.74 Å². The number of ether oxygens (including phenoxy) is 2. The topological polar surface area (TPSA) is 52.4 Å². The molecule has 24 heavy (non-hydrogen) atoms. The quantitative estimate of drug-likeness (QED) is 0.857. The summed E-state index contributed by atoms with van der Waals surface area (Å²) < 4.78 is 40.2. The minimum absolute atomic E-state index is 0.0147. The molecule has 2 aliphatic rings. The largest absolute Gasteiger partial charge is 0.491 e. The summed E-state index contributed by atoms with van der Waals surface area (Å²) in [5.74, 6) is -1.70. The number of piperidine rings is 1. The molecule has 2 atom stereocenters. The van der Waals surface area contributed by atoms with Gasteiger partial charge in [-0.05, 0) is 24.1 Å². The van der Waals surface area contributed by atoms with Crippen molar-refractivity contribution in [1.82, 2.24) is 19.9 Å². The highest BCUT2D eigenvalue weighted by atomic mass is 19.1. The lowest BCUT2D eigenvalue weighted by molar-refractivity contribution is -0.0704. The van der Waals surface area contributed by atoms with Crippen LogP contribution in [0.5, 0.6) is 5.75 Å². The van der Waals surface area contributed by atoms with E-state index >= 15 is 0 Å². The Kier molecular flexibility index (Phi) is 3.93. The third-order valence-electron chi connectivity index (χ3n) is 4.69. The molecular weight excluding hydrogens is 318 g/mol. The third-order valence-corrected chi connectivity index (χ3v) is 4.69. The first kappa shape index (κ1) is 15.5. The van der Waals surface area contributed by atoms with Crippen molar-refractivity contribution >= 4 is 0 Å². The first-order chi connectivity index (χ1) is 11.7. The molecular formula is C16H18F2N4O2. The molecule has 0 saturated carbocycles. The molecule has 1 fully saturated rings. The Morgan fingerprint density at radius 1 is 1.33 bits per heavy atom. The molecule has 0 aliphatic carbocycles. The average Bonchev–Trinajstić information content (AvgIpc) is 3.03. The number of halogens is 2. The van der Waals surface area contributed by atoms with Crippen molar-refractivity contribution in [3.63, 3.8) is 0 Å². The van der Waals surface area contributed by atoms with Gasteiger partial charge < -0.3 is 9.47 Å². The number of aromatic nitrogens is 3. The standard InChI is InChI=1S/C16H18F2N4O2/c1-23-16-12(17)4-10(5-13(16)18)7-21-3-2-14-15(8-21)24-9-11-6-19-20-22(11)14/h4-6,14-15H,2-3,7-9H2,1H3. The molecule has 1 saturated heterocycles. The number of likely N-dealkylation sites (tertiary alicyclic amines) is 1. The van der Waals surface area contributed by atoms with Gasteiger partial charge >= 0.3 is 0 Å². The van der Waals surface area contributed by atoms with E-state index in [4.69, 9.17) is 9.47 Å². The molecule has 0 spiro atoms. The van der Waals surface area contributed by atoms with Crippen LogP contribution in [0.3, 0.4) is 0 Å².